The third-order valence-corrected chi connectivity index (χ3v) is 11.2. The minimum absolute atomic E-state index is 0.0103. The van der Waals surface area contributed by atoms with Crippen molar-refractivity contribution in [3.63, 3.8) is 0 Å². The van der Waals surface area contributed by atoms with Crippen molar-refractivity contribution in [3.8, 4) is 24.2 Å². The van der Waals surface area contributed by atoms with Gasteiger partial charge in [0.1, 0.15) is 53.8 Å². The van der Waals surface area contributed by atoms with Gasteiger partial charge in [-0.2, -0.15) is 0 Å². The number of fused-ring (bicyclic) bond motifs is 2. The Morgan fingerprint density at radius 1 is 0.687 bits per heavy atom. The summed E-state index contributed by atoms with van der Waals surface area (Å²) in [6, 6.07) is 0. The van der Waals surface area contributed by atoms with Crippen molar-refractivity contribution in [2.24, 2.45) is 0 Å². The molecule has 0 aliphatic carbocycles. The van der Waals surface area contributed by atoms with Gasteiger partial charge >= 0.3 is 11.4 Å². The van der Waals surface area contributed by atoms with E-state index >= 15 is 0 Å². The highest BCUT2D eigenvalue weighted by Gasteiger charge is 2.57. The molecule has 4 aliphatic heterocycles. The maximum atomic E-state index is 12.5. The molecule has 2 unspecified atom stereocenters. The van der Waals surface area contributed by atoms with Crippen LogP contribution in [0.25, 0.3) is 0 Å². The minimum Gasteiger partial charge on any atom is -0.394 e. The van der Waals surface area contributed by atoms with Crippen LogP contribution < -0.4 is 33.1 Å². The molecule has 0 saturated carbocycles. The number of aromatic amines is 2. The van der Waals surface area contributed by atoms with Gasteiger partial charge in [0.25, 0.3) is 11.1 Å². The quantitative estimate of drug-likeness (QED) is 0.0733. The summed E-state index contributed by atoms with van der Waals surface area (Å²) in [5, 5.41) is 24.2. The number of nitrogens with zero attached hydrogens (tertiary/aromatic N) is 2. The summed E-state index contributed by atoms with van der Waals surface area (Å²) in [4.78, 5) is 96.7. The van der Waals surface area contributed by atoms with E-state index in [0.717, 1.165) is 17.4 Å². The largest absolute Gasteiger partial charge is 0.394 e. The molecular weight excluding hydrogens is 995 g/mol. The minimum atomic E-state index is -0.923. The summed E-state index contributed by atoms with van der Waals surface area (Å²) in [7, 11) is 0. The highest BCUT2D eigenvalue weighted by atomic mass is 127. The Labute approximate surface area is 399 Å². The number of H-pyrrole nitrogens is 2. The van der Waals surface area contributed by atoms with Crippen LogP contribution in [-0.4, -0.2) is 127 Å². The van der Waals surface area contributed by atoms with Crippen LogP contribution in [0.5, 0.6) is 0 Å². The van der Waals surface area contributed by atoms with E-state index in [1.165, 1.54) is 23.9 Å². The normalized spacial score (nSPS) is 24.8. The number of ketones is 2. The topological polar surface area (TPSA) is 298 Å². The summed E-state index contributed by atoms with van der Waals surface area (Å²) >= 11 is 1.83. The van der Waals surface area contributed by atoms with Crippen molar-refractivity contribution in [1.82, 2.24) is 29.7 Å². The molecule has 2 aromatic rings. The second-order valence-corrected chi connectivity index (χ2v) is 18.0. The number of Topliss-reactive ketones (excluding diaryl/α,β-unsaturated/α-hetero) is 2. The highest BCUT2D eigenvalue weighted by molar-refractivity contribution is 14.1. The molecule has 4 aliphatic rings. The molecule has 23 heteroatoms. The molecule has 6 rings (SSSR count). The SMILES string of the molecule is C#CCNC(=O)CCCCC(C)=O.CC(=O)CCCCC(=O)NCC#Cc1cn([C@@H]2O[C@H](CO)C3OC(C)(C)O[C@@H]32)c(=O)[nH]c1=O.CC1(C)OC2[C@@H](CO)O[C@@H](n3cc(I)c(=O)[nH]c3=O)[C@H]2O1. The molecule has 4 fully saturated rings. The number of unbranched alkanes of at least 4 members (excludes halogenated alkanes) is 2. The lowest BCUT2D eigenvalue weighted by atomic mass is 10.1. The average molecular weight is 1050 g/mol. The van der Waals surface area contributed by atoms with Crippen LogP contribution in [0, 0.1) is 27.8 Å². The first-order chi connectivity index (χ1) is 31.6. The Balaban J connectivity index is 0.000000245. The van der Waals surface area contributed by atoms with Gasteiger partial charge in [0.05, 0.1) is 29.9 Å². The molecule has 22 nitrogen and oxygen atoms in total. The van der Waals surface area contributed by atoms with Gasteiger partial charge in [-0.25, -0.2) is 9.59 Å². The van der Waals surface area contributed by atoms with Crippen LogP contribution in [0.4, 0.5) is 0 Å². The molecule has 0 aromatic carbocycles. The molecule has 6 N–H and O–H groups in total. The van der Waals surface area contributed by atoms with E-state index in [9.17, 15) is 48.6 Å². The second-order valence-electron chi connectivity index (χ2n) is 16.9. The maximum Gasteiger partial charge on any atom is 0.330 e. The first kappa shape index (κ1) is 54.8. The molecule has 0 bridgehead atoms. The first-order valence-corrected chi connectivity index (χ1v) is 22.7. The third-order valence-electron chi connectivity index (χ3n) is 10.4. The number of nitrogens with one attached hydrogen (secondary N) is 4. The first-order valence-electron chi connectivity index (χ1n) is 21.6. The van der Waals surface area contributed by atoms with Gasteiger partial charge < -0.3 is 58.9 Å². The zero-order valence-electron chi connectivity index (χ0n) is 38.2. The van der Waals surface area contributed by atoms with E-state index in [0.29, 0.717) is 35.7 Å². The molecule has 6 heterocycles. The number of rotatable bonds is 16. The van der Waals surface area contributed by atoms with Crippen LogP contribution in [-0.2, 0) is 47.6 Å². The van der Waals surface area contributed by atoms with Gasteiger partial charge in [-0.05, 0) is 89.8 Å². The Bertz CT molecular complexity index is 2430. The number of aliphatic hydroxyl groups is 2. The standard InChI is InChI=1S/C22H29N3O8.C12H15IN2O6.C10H15NO2/c1-13(27)7-4-5-9-16(28)23-10-6-8-14-11-25(21(30)24-19(14)29)20-18-17(15(12-26)31-20)32-22(2,3)33-18;1-12(2)20-7-6(4-16)19-10(8(7)21-12)15-3-5(13)9(17)14-11(15)18;1-3-8-11-10(13)7-5-4-6-9(2)12/h11,15,17-18,20,26H,4-5,7,9-10,12H2,1-3H3,(H,23,28)(H,24,29,30);3,6-8,10,16H,4H2,1-2H3,(H,14,17,18);1H,4-8H2,2H3,(H,11,13)/t15-,17?,18+,20-;6-,7?,8+,10-;/m11./s1. The number of aromatic nitrogens is 4. The molecule has 8 atom stereocenters. The number of terminal acetylenes is 1. The summed E-state index contributed by atoms with van der Waals surface area (Å²) in [5.41, 5.74) is -2.40. The highest BCUT2D eigenvalue weighted by Crippen LogP contribution is 2.43. The van der Waals surface area contributed by atoms with Crippen LogP contribution in [0.2, 0.25) is 0 Å². The zero-order chi connectivity index (χ0) is 49.6. The van der Waals surface area contributed by atoms with Crippen molar-refractivity contribution in [1.29, 1.82) is 0 Å². The van der Waals surface area contributed by atoms with E-state index in [4.69, 9.17) is 34.8 Å². The van der Waals surface area contributed by atoms with Crippen molar-refractivity contribution >= 4 is 46.0 Å². The van der Waals surface area contributed by atoms with Crippen molar-refractivity contribution in [2.45, 2.75) is 154 Å². The summed E-state index contributed by atoms with van der Waals surface area (Å²) in [5.74, 6) is 5.96. The molecule has 4 saturated heterocycles. The molecule has 67 heavy (non-hydrogen) atoms. The lowest BCUT2D eigenvalue weighted by molar-refractivity contribution is -0.200. The van der Waals surface area contributed by atoms with Crippen molar-refractivity contribution in [3.05, 3.63) is 63.2 Å². The van der Waals surface area contributed by atoms with E-state index in [2.05, 4.69) is 38.4 Å². The van der Waals surface area contributed by atoms with Crippen LogP contribution in [0.15, 0.2) is 31.6 Å². The molecule has 2 aromatic heterocycles. The number of amides is 2. The fourth-order valence-electron chi connectivity index (χ4n) is 7.40. The lowest BCUT2D eigenvalue weighted by Crippen LogP contribution is -2.38. The van der Waals surface area contributed by atoms with Gasteiger partial charge in [-0.3, -0.25) is 38.3 Å². The van der Waals surface area contributed by atoms with Gasteiger partial charge in [-0.15, -0.1) is 6.42 Å². The second kappa shape index (κ2) is 25.0. The van der Waals surface area contributed by atoms with Gasteiger partial charge in [0, 0.05) is 38.1 Å². The number of hydrogen-bond acceptors (Lipinski definition) is 16. The lowest BCUT2D eigenvalue weighted by Gasteiger charge is -2.24. The average Bonchev–Trinajstić information content (AvgIpc) is 3.96. The Kier molecular flexibility index (Phi) is 20.4. The number of carbonyl (C=O) groups excluding carboxylic acids is 4. The monoisotopic (exact) mass is 1050 g/mol. The van der Waals surface area contributed by atoms with Crippen LogP contribution >= 0.6 is 22.6 Å². The fraction of sp³-hybridized carbons (Fsp3) is 0.636. The third kappa shape index (κ3) is 15.9. The number of carbonyl (C=O) groups is 4. The molecule has 0 spiro atoms. The number of halogens is 1. The number of ether oxygens (including phenoxy) is 6. The van der Waals surface area contributed by atoms with E-state index < -0.39 is 83.2 Å². The molecule has 0 radical (unpaired) electrons. The Morgan fingerprint density at radius 2 is 1.10 bits per heavy atom. The predicted molar refractivity (Wildman–Crippen MR) is 245 cm³/mol. The maximum absolute atomic E-state index is 12.5. The summed E-state index contributed by atoms with van der Waals surface area (Å²) in [6.45, 7) is 9.77. The van der Waals surface area contributed by atoms with Gasteiger partial charge in [0.15, 0.2) is 24.0 Å². The van der Waals surface area contributed by atoms with E-state index in [1.807, 2.05) is 22.6 Å². The summed E-state index contributed by atoms with van der Waals surface area (Å²) in [6.07, 6.45) is 6.98. The molecule has 368 valence electrons. The fourth-order valence-corrected chi connectivity index (χ4v) is 7.84. The van der Waals surface area contributed by atoms with Crippen LogP contribution in [0.1, 0.15) is 111 Å². The zero-order valence-corrected chi connectivity index (χ0v) is 40.4. The number of hydrogen-bond donors (Lipinski definition) is 6. The van der Waals surface area contributed by atoms with Crippen molar-refractivity contribution in [2.75, 3.05) is 26.3 Å². The van der Waals surface area contributed by atoms with Gasteiger partial charge in [0.2, 0.25) is 11.8 Å². The smallest absolute Gasteiger partial charge is 0.330 e. The Morgan fingerprint density at radius 3 is 1.55 bits per heavy atom. The van der Waals surface area contributed by atoms with E-state index in [1.54, 1.807) is 34.6 Å². The van der Waals surface area contributed by atoms with E-state index in [-0.39, 0.29) is 61.7 Å². The Hall–Kier alpha value is -4.83. The predicted octanol–water partition coefficient (Wildman–Crippen LogP) is -0.000300. The van der Waals surface area contributed by atoms with Crippen LogP contribution in [0.3, 0.4) is 0 Å². The van der Waals surface area contributed by atoms with Crippen molar-refractivity contribution < 1.29 is 57.8 Å². The van der Waals surface area contributed by atoms with Gasteiger partial charge in [-0.1, -0.05) is 17.8 Å². The molecular formula is C44H59IN6O16. The molecule has 2 amide bonds. The summed E-state index contributed by atoms with van der Waals surface area (Å²) < 4.78 is 37.4. The number of aliphatic hydroxyl groups excluding tert-OH is 2.